The zero-order valence-corrected chi connectivity index (χ0v) is 13.2. The standard InChI is InChI=1S/C16H32N2O/c1-5-15(14-9-7-6-8-10-14)18-13(4)16(19)17-11-12(2)3/h12-15,18H,5-11H2,1-4H3,(H,17,19). The van der Waals surface area contributed by atoms with Crippen LogP contribution in [-0.2, 0) is 4.79 Å². The van der Waals surface area contributed by atoms with Crippen molar-refractivity contribution in [1.29, 1.82) is 0 Å². The van der Waals surface area contributed by atoms with E-state index < -0.39 is 0 Å². The van der Waals surface area contributed by atoms with Gasteiger partial charge in [0.2, 0.25) is 5.91 Å². The Labute approximate surface area is 118 Å². The summed E-state index contributed by atoms with van der Waals surface area (Å²) in [5.74, 6) is 1.42. The number of carbonyl (C=O) groups excluding carboxylic acids is 1. The molecule has 3 heteroatoms. The molecule has 0 radical (unpaired) electrons. The van der Waals surface area contributed by atoms with Gasteiger partial charge in [-0.1, -0.05) is 40.0 Å². The monoisotopic (exact) mass is 268 g/mol. The van der Waals surface area contributed by atoms with Gasteiger partial charge in [-0.05, 0) is 38.0 Å². The van der Waals surface area contributed by atoms with Crippen LogP contribution in [-0.4, -0.2) is 24.5 Å². The van der Waals surface area contributed by atoms with Crippen LogP contribution < -0.4 is 10.6 Å². The molecular formula is C16H32N2O. The first-order valence-electron chi connectivity index (χ1n) is 8.08. The normalized spacial score (nSPS) is 20.3. The summed E-state index contributed by atoms with van der Waals surface area (Å²) in [6, 6.07) is 0.422. The number of rotatable bonds is 7. The highest BCUT2D eigenvalue weighted by Crippen LogP contribution is 2.27. The summed E-state index contributed by atoms with van der Waals surface area (Å²) in [6.07, 6.45) is 7.87. The summed E-state index contributed by atoms with van der Waals surface area (Å²) in [5.41, 5.74) is 0. The number of nitrogens with one attached hydrogen (secondary N) is 2. The van der Waals surface area contributed by atoms with E-state index in [-0.39, 0.29) is 11.9 Å². The molecule has 2 atom stereocenters. The molecule has 2 unspecified atom stereocenters. The highest BCUT2D eigenvalue weighted by Gasteiger charge is 2.25. The Hall–Kier alpha value is -0.570. The van der Waals surface area contributed by atoms with Crippen LogP contribution in [0.25, 0.3) is 0 Å². The lowest BCUT2D eigenvalue weighted by atomic mass is 9.82. The largest absolute Gasteiger partial charge is 0.354 e. The average Bonchev–Trinajstić information content (AvgIpc) is 2.42. The fraction of sp³-hybridized carbons (Fsp3) is 0.938. The highest BCUT2D eigenvalue weighted by atomic mass is 16.2. The van der Waals surface area contributed by atoms with Gasteiger partial charge in [0.25, 0.3) is 0 Å². The van der Waals surface area contributed by atoms with Crippen LogP contribution in [0.3, 0.4) is 0 Å². The topological polar surface area (TPSA) is 41.1 Å². The van der Waals surface area contributed by atoms with E-state index in [1.54, 1.807) is 0 Å². The molecule has 1 aliphatic carbocycles. The van der Waals surface area contributed by atoms with Crippen LogP contribution in [0.5, 0.6) is 0 Å². The maximum absolute atomic E-state index is 12.0. The lowest BCUT2D eigenvalue weighted by molar-refractivity contribution is -0.123. The zero-order valence-electron chi connectivity index (χ0n) is 13.2. The van der Waals surface area contributed by atoms with Gasteiger partial charge in [0, 0.05) is 12.6 Å². The fourth-order valence-electron chi connectivity index (χ4n) is 2.98. The highest BCUT2D eigenvalue weighted by molar-refractivity contribution is 5.81. The second-order valence-electron chi connectivity index (χ2n) is 6.44. The Morgan fingerprint density at radius 3 is 2.32 bits per heavy atom. The van der Waals surface area contributed by atoms with Gasteiger partial charge in [-0.2, -0.15) is 0 Å². The van der Waals surface area contributed by atoms with Crippen LogP contribution in [0.1, 0.15) is 66.2 Å². The second-order valence-corrected chi connectivity index (χ2v) is 6.44. The summed E-state index contributed by atoms with van der Waals surface area (Å²) in [5, 5.41) is 6.56. The summed E-state index contributed by atoms with van der Waals surface area (Å²) < 4.78 is 0. The second kappa shape index (κ2) is 8.57. The van der Waals surface area contributed by atoms with Crippen molar-refractivity contribution in [3.05, 3.63) is 0 Å². The number of hydrogen-bond acceptors (Lipinski definition) is 2. The zero-order chi connectivity index (χ0) is 14.3. The molecule has 0 aliphatic heterocycles. The summed E-state index contributed by atoms with van der Waals surface area (Å²) in [7, 11) is 0. The van der Waals surface area contributed by atoms with Crippen molar-refractivity contribution in [3.63, 3.8) is 0 Å². The maximum Gasteiger partial charge on any atom is 0.236 e. The van der Waals surface area contributed by atoms with E-state index in [1.807, 2.05) is 6.92 Å². The van der Waals surface area contributed by atoms with E-state index in [2.05, 4.69) is 31.4 Å². The van der Waals surface area contributed by atoms with Crippen molar-refractivity contribution in [3.8, 4) is 0 Å². The molecular weight excluding hydrogens is 236 g/mol. The minimum atomic E-state index is -0.0781. The van der Waals surface area contributed by atoms with Gasteiger partial charge in [-0.25, -0.2) is 0 Å². The smallest absolute Gasteiger partial charge is 0.236 e. The third kappa shape index (κ3) is 5.94. The molecule has 1 rings (SSSR count). The molecule has 19 heavy (non-hydrogen) atoms. The van der Waals surface area contributed by atoms with Crippen LogP contribution in [0.4, 0.5) is 0 Å². The lowest BCUT2D eigenvalue weighted by Crippen LogP contribution is -2.49. The average molecular weight is 268 g/mol. The molecule has 2 N–H and O–H groups in total. The van der Waals surface area contributed by atoms with E-state index >= 15 is 0 Å². The molecule has 0 spiro atoms. The van der Waals surface area contributed by atoms with Crippen molar-refractivity contribution < 1.29 is 4.79 Å². The summed E-state index contributed by atoms with van der Waals surface area (Å²) in [4.78, 5) is 12.0. The molecule has 0 bridgehead atoms. The van der Waals surface area contributed by atoms with Gasteiger partial charge in [0.1, 0.15) is 0 Å². The molecule has 1 amide bonds. The molecule has 1 aliphatic rings. The Kier molecular flexibility index (Phi) is 7.44. The summed E-state index contributed by atoms with van der Waals surface area (Å²) >= 11 is 0. The Balaban J connectivity index is 2.38. The maximum atomic E-state index is 12.0. The van der Waals surface area contributed by atoms with E-state index in [4.69, 9.17) is 0 Å². The van der Waals surface area contributed by atoms with Gasteiger partial charge < -0.3 is 10.6 Å². The predicted octanol–water partition coefficient (Wildman–Crippen LogP) is 3.10. The van der Waals surface area contributed by atoms with Gasteiger partial charge in [-0.15, -0.1) is 0 Å². The van der Waals surface area contributed by atoms with Crippen molar-refractivity contribution in [2.24, 2.45) is 11.8 Å². The molecule has 0 aromatic heterocycles. The number of carbonyl (C=O) groups is 1. The third-order valence-corrected chi connectivity index (χ3v) is 4.20. The Morgan fingerprint density at radius 2 is 1.79 bits per heavy atom. The van der Waals surface area contributed by atoms with Crippen LogP contribution in [0.15, 0.2) is 0 Å². The van der Waals surface area contributed by atoms with E-state index in [0.717, 1.165) is 18.9 Å². The first-order chi connectivity index (χ1) is 9.04. The molecule has 0 aromatic rings. The number of hydrogen-bond donors (Lipinski definition) is 2. The van der Waals surface area contributed by atoms with E-state index in [0.29, 0.717) is 12.0 Å². The Morgan fingerprint density at radius 1 is 1.16 bits per heavy atom. The van der Waals surface area contributed by atoms with Gasteiger partial charge in [-0.3, -0.25) is 4.79 Å². The molecule has 1 fully saturated rings. The minimum Gasteiger partial charge on any atom is -0.354 e. The van der Waals surface area contributed by atoms with Crippen molar-refractivity contribution in [2.45, 2.75) is 78.3 Å². The molecule has 0 heterocycles. The van der Waals surface area contributed by atoms with Crippen molar-refractivity contribution >= 4 is 5.91 Å². The predicted molar refractivity (Wildman–Crippen MR) is 81.1 cm³/mol. The molecule has 0 aromatic carbocycles. The minimum absolute atomic E-state index is 0.0781. The molecule has 3 nitrogen and oxygen atoms in total. The summed E-state index contributed by atoms with van der Waals surface area (Å²) in [6.45, 7) is 9.22. The van der Waals surface area contributed by atoms with E-state index in [9.17, 15) is 4.79 Å². The van der Waals surface area contributed by atoms with Crippen molar-refractivity contribution in [1.82, 2.24) is 10.6 Å². The molecule has 112 valence electrons. The van der Waals surface area contributed by atoms with E-state index in [1.165, 1.54) is 32.1 Å². The van der Waals surface area contributed by atoms with Gasteiger partial charge in [0.05, 0.1) is 6.04 Å². The Bertz CT molecular complexity index is 259. The first kappa shape index (κ1) is 16.5. The third-order valence-electron chi connectivity index (χ3n) is 4.20. The SMILES string of the molecule is CCC(NC(C)C(=O)NCC(C)C)C1CCCCC1. The van der Waals surface area contributed by atoms with Crippen molar-refractivity contribution in [2.75, 3.05) is 6.54 Å². The van der Waals surface area contributed by atoms with Gasteiger partial charge in [0.15, 0.2) is 0 Å². The lowest BCUT2D eigenvalue weighted by Gasteiger charge is -2.32. The van der Waals surface area contributed by atoms with Crippen LogP contribution in [0, 0.1) is 11.8 Å². The first-order valence-corrected chi connectivity index (χ1v) is 8.08. The molecule has 0 saturated heterocycles. The van der Waals surface area contributed by atoms with Crippen LogP contribution >= 0.6 is 0 Å². The number of amides is 1. The molecule has 1 saturated carbocycles. The quantitative estimate of drug-likeness (QED) is 0.745. The fourth-order valence-corrected chi connectivity index (χ4v) is 2.98. The van der Waals surface area contributed by atoms with Gasteiger partial charge >= 0.3 is 0 Å². The van der Waals surface area contributed by atoms with Crippen LogP contribution in [0.2, 0.25) is 0 Å².